The van der Waals surface area contributed by atoms with Crippen molar-refractivity contribution in [3.63, 3.8) is 0 Å². The lowest BCUT2D eigenvalue weighted by atomic mass is 10.2. The number of aromatic nitrogens is 1. The molecule has 0 spiro atoms. The van der Waals surface area contributed by atoms with Crippen molar-refractivity contribution in [2.75, 3.05) is 18.5 Å². The number of nitrogens with zero attached hydrogens (tertiary/aromatic N) is 1. The molecular formula is C23H26N2O3S. The molecule has 1 atom stereocenters. The monoisotopic (exact) mass is 410 g/mol. The fourth-order valence-electron chi connectivity index (χ4n) is 3.74. The van der Waals surface area contributed by atoms with Gasteiger partial charge in [-0.2, -0.15) is 0 Å². The molecule has 0 radical (unpaired) electrons. The molecule has 1 N–H and O–H groups in total. The lowest BCUT2D eigenvalue weighted by Crippen LogP contribution is -2.25. The molecule has 1 saturated heterocycles. The molecular weight excluding hydrogens is 384 g/mol. The Kier molecular flexibility index (Phi) is 6.42. The van der Waals surface area contributed by atoms with Gasteiger partial charge in [-0.15, -0.1) is 0 Å². The zero-order valence-electron chi connectivity index (χ0n) is 16.4. The number of hydrogen-bond acceptors (Lipinski definition) is 3. The van der Waals surface area contributed by atoms with Crippen LogP contribution in [0.2, 0.25) is 0 Å². The van der Waals surface area contributed by atoms with Gasteiger partial charge in [0, 0.05) is 65.4 Å². The summed E-state index contributed by atoms with van der Waals surface area (Å²) >= 11 is 0. The lowest BCUT2D eigenvalue weighted by Gasteiger charge is -2.21. The predicted octanol–water partition coefficient (Wildman–Crippen LogP) is 4.10. The molecule has 29 heavy (non-hydrogen) atoms. The van der Waals surface area contributed by atoms with Crippen LogP contribution in [0.15, 0.2) is 60.8 Å². The van der Waals surface area contributed by atoms with Gasteiger partial charge in [0.05, 0.1) is 0 Å². The smallest absolute Gasteiger partial charge is 0.226 e. The van der Waals surface area contributed by atoms with Gasteiger partial charge >= 0.3 is 0 Å². The third-order valence-electron chi connectivity index (χ3n) is 5.32. The Hall–Kier alpha value is -2.44. The minimum Gasteiger partial charge on any atom is -0.381 e. The first-order chi connectivity index (χ1) is 14.2. The van der Waals surface area contributed by atoms with Gasteiger partial charge in [-0.05, 0) is 48.1 Å². The van der Waals surface area contributed by atoms with Crippen molar-refractivity contribution >= 4 is 33.3 Å². The largest absolute Gasteiger partial charge is 0.381 e. The number of hydrogen-bond donors (Lipinski definition) is 1. The zero-order chi connectivity index (χ0) is 20.1. The van der Waals surface area contributed by atoms with Crippen molar-refractivity contribution in [2.45, 2.75) is 36.8 Å². The van der Waals surface area contributed by atoms with Crippen LogP contribution < -0.4 is 5.32 Å². The summed E-state index contributed by atoms with van der Waals surface area (Å²) in [5.41, 5.74) is 2.88. The lowest BCUT2D eigenvalue weighted by molar-refractivity contribution is -0.116. The van der Waals surface area contributed by atoms with Gasteiger partial charge in [-0.25, -0.2) is 0 Å². The maximum atomic E-state index is 12.6. The molecule has 2 heterocycles. The van der Waals surface area contributed by atoms with Crippen molar-refractivity contribution in [3.05, 3.63) is 66.4 Å². The highest BCUT2D eigenvalue weighted by atomic mass is 32.2. The average Bonchev–Trinajstić information content (AvgIpc) is 3.16. The van der Waals surface area contributed by atoms with E-state index in [1.807, 2.05) is 42.6 Å². The summed E-state index contributed by atoms with van der Waals surface area (Å²) in [5, 5.41) is 4.36. The van der Waals surface area contributed by atoms with Gasteiger partial charge in [0.25, 0.3) is 0 Å². The van der Waals surface area contributed by atoms with Crippen LogP contribution in [0.25, 0.3) is 10.9 Å². The molecule has 4 rings (SSSR count). The van der Waals surface area contributed by atoms with E-state index in [1.54, 1.807) is 0 Å². The van der Waals surface area contributed by atoms with Crippen molar-refractivity contribution in [3.8, 4) is 0 Å². The number of rotatable bonds is 7. The number of anilines is 1. The normalized spacial score (nSPS) is 16.0. The molecule has 5 nitrogen and oxygen atoms in total. The Labute approximate surface area is 173 Å². The van der Waals surface area contributed by atoms with E-state index >= 15 is 0 Å². The second-order valence-corrected chi connectivity index (χ2v) is 9.12. The fourth-order valence-corrected chi connectivity index (χ4v) is 5.20. The van der Waals surface area contributed by atoms with E-state index in [1.165, 1.54) is 5.39 Å². The molecule has 0 saturated carbocycles. The molecule has 1 fully saturated rings. The molecule has 0 aliphatic carbocycles. The molecule has 1 amide bonds. The third kappa shape index (κ3) is 5.14. The van der Waals surface area contributed by atoms with E-state index in [9.17, 15) is 9.00 Å². The van der Waals surface area contributed by atoms with Crippen molar-refractivity contribution < 1.29 is 13.7 Å². The van der Waals surface area contributed by atoms with Crippen LogP contribution in [-0.4, -0.2) is 33.1 Å². The molecule has 3 aromatic rings. The summed E-state index contributed by atoms with van der Waals surface area (Å²) in [7, 11) is -0.912. The number of fused-ring (bicyclic) bond motifs is 1. The van der Waals surface area contributed by atoms with E-state index in [0.717, 1.165) is 29.6 Å². The Morgan fingerprint density at radius 1 is 1.10 bits per heavy atom. The number of carbonyl (C=O) groups is 1. The standard InChI is InChI=1S/C23H26N2O3S/c26-23(9-13-25-12-8-19-5-1-2-7-22(19)25)24-20-6-3-4-18(16-20)17-29(27)21-10-14-28-15-11-21/h1-8,12,16,21H,9-11,13-15,17H2,(H,24,26). The third-order valence-corrected chi connectivity index (χ3v) is 7.15. The Morgan fingerprint density at radius 3 is 2.79 bits per heavy atom. The van der Waals surface area contributed by atoms with Gasteiger partial charge in [-0.3, -0.25) is 9.00 Å². The van der Waals surface area contributed by atoms with Crippen LogP contribution in [0.5, 0.6) is 0 Å². The van der Waals surface area contributed by atoms with Gasteiger partial charge < -0.3 is 14.6 Å². The van der Waals surface area contributed by atoms with Crippen molar-refractivity contribution in [2.24, 2.45) is 0 Å². The van der Waals surface area contributed by atoms with Gasteiger partial charge in [0.2, 0.25) is 5.91 Å². The summed E-state index contributed by atoms with van der Waals surface area (Å²) in [6.45, 7) is 2.03. The van der Waals surface area contributed by atoms with Crippen LogP contribution in [0.1, 0.15) is 24.8 Å². The average molecular weight is 411 g/mol. The maximum Gasteiger partial charge on any atom is 0.226 e. The summed E-state index contributed by atoms with van der Waals surface area (Å²) in [6.07, 6.45) is 4.13. The quantitative estimate of drug-likeness (QED) is 0.638. The minimum atomic E-state index is -0.912. The second kappa shape index (κ2) is 9.37. The van der Waals surface area contributed by atoms with E-state index in [0.29, 0.717) is 31.9 Å². The number of aryl methyl sites for hydroxylation is 1. The van der Waals surface area contributed by atoms with Crippen LogP contribution in [0.4, 0.5) is 5.69 Å². The number of amides is 1. The number of para-hydroxylation sites is 1. The first-order valence-corrected chi connectivity index (χ1v) is 11.4. The minimum absolute atomic E-state index is 0.0227. The highest BCUT2D eigenvalue weighted by molar-refractivity contribution is 7.84. The molecule has 1 aliphatic heterocycles. The molecule has 1 aliphatic rings. The molecule has 0 bridgehead atoms. The fraction of sp³-hybridized carbons (Fsp3) is 0.348. The Morgan fingerprint density at radius 2 is 1.93 bits per heavy atom. The summed E-state index contributed by atoms with van der Waals surface area (Å²) in [5.74, 6) is 0.495. The first kappa shape index (κ1) is 19.9. The zero-order valence-corrected chi connectivity index (χ0v) is 17.2. The number of ether oxygens (including phenoxy) is 1. The van der Waals surface area contributed by atoms with Crippen LogP contribution in [0.3, 0.4) is 0 Å². The van der Waals surface area contributed by atoms with Gasteiger partial charge in [0.15, 0.2) is 0 Å². The molecule has 6 heteroatoms. The second-order valence-electron chi connectivity index (χ2n) is 7.40. The van der Waals surface area contributed by atoms with E-state index < -0.39 is 10.8 Å². The number of benzene rings is 2. The Balaban J connectivity index is 1.32. The van der Waals surface area contributed by atoms with E-state index in [4.69, 9.17) is 4.74 Å². The van der Waals surface area contributed by atoms with Crippen LogP contribution in [-0.2, 0) is 32.6 Å². The molecule has 1 aromatic heterocycles. The summed E-state index contributed by atoms with van der Waals surface area (Å²) in [6, 6.07) is 17.9. The van der Waals surface area contributed by atoms with E-state index in [-0.39, 0.29) is 11.2 Å². The number of carbonyl (C=O) groups excluding carboxylic acids is 1. The van der Waals surface area contributed by atoms with Crippen molar-refractivity contribution in [1.29, 1.82) is 0 Å². The van der Waals surface area contributed by atoms with Crippen LogP contribution in [0, 0.1) is 0 Å². The molecule has 2 aromatic carbocycles. The maximum absolute atomic E-state index is 12.6. The summed E-state index contributed by atoms with van der Waals surface area (Å²) < 4.78 is 20.1. The van der Waals surface area contributed by atoms with E-state index in [2.05, 4.69) is 28.1 Å². The Bertz CT molecular complexity index is 1010. The van der Waals surface area contributed by atoms with Crippen LogP contribution >= 0.6 is 0 Å². The van der Waals surface area contributed by atoms with Gasteiger partial charge in [0.1, 0.15) is 0 Å². The SMILES string of the molecule is O=C(CCn1ccc2ccccc21)Nc1cccc(CS(=O)C2CCOCC2)c1. The first-order valence-electron chi connectivity index (χ1n) is 10.1. The molecule has 1 unspecified atom stereocenters. The number of nitrogens with one attached hydrogen (secondary N) is 1. The highest BCUT2D eigenvalue weighted by Crippen LogP contribution is 2.19. The predicted molar refractivity (Wildman–Crippen MR) is 117 cm³/mol. The van der Waals surface area contributed by atoms with Gasteiger partial charge in [-0.1, -0.05) is 30.3 Å². The van der Waals surface area contributed by atoms with Crippen molar-refractivity contribution in [1.82, 2.24) is 4.57 Å². The topological polar surface area (TPSA) is 60.3 Å². The highest BCUT2D eigenvalue weighted by Gasteiger charge is 2.20. The summed E-state index contributed by atoms with van der Waals surface area (Å²) in [4.78, 5) is 12.4. The molecule has 152 valence electrons.